The van der Waals surface area contributed by atoms with E-state index in [1.54, 1.807) is 0 Å². The average molecular weight is 169 g/mol. The van der Waals surface area contributed by atoms with Crippen molar-refractivity contribution < 1.29 is 0 Å². The van der Waals surface area contributed by atoms with Gasteiger partial charge in [0.2, 0.25) is 0 Å². The summed E-state index contributed by atoms with van der Waals surface area (Å²) in [4.78, 5) is 2.64. The highest BCUT2D eigenvalue weighted by Crippen LogP contribution is 2.31. The van der Waals surface area contributed by atoms with Gasteiger partial charge >= 0.3 is 0 Å². The highest BCUT2D eigenvalue weighted by atomic mass is 15.2. The summed E-state index contributed by atoms with van der Waals surface area (Å²) in [5.41, 5.74) is 0.364. The molecule has 1 nitrogen and oxygen atoms in total. The van der Waals surface area contributed by atoms with Crippen LogP contribution in [0, 0.1) is 5.92 Å². The van der Waals surface area contributed by atoms with Crippen molar-refractivity contribution in [3.05, 3.63) is 0 Å². The van der Waals surface area contributed by atoms with E-state index in [1.165, 1.54) is 19.4 Å². The summed E-state index contributed by atoms with van der Waals surface area (Å²) in [6.07, 6.45) is 2.74. The molecule has 0 unspecified atom stereocenters. The summed E-state index contributed by atoms with van der Waals surface area (Å²) in [5, 5.41) is 0. The molecule has 1 fully saturated rings. The standard InChI is InChI=1S/C11H23N/c1-6-10-7-8-12(9(10)2)11(3,4)5/h9-10H,6-8H2,1-5H3/t9-,10-/m1/s1. The molecule has 0 amide bonds. The zero-order chi connectivity index (χ0) is 9.35. The Morgan fingerprint density at radius 3 is 2.17 bits per heavy atom. The van der Waals surface area contributed by atoms with E-state index in [1.807, 2.05) is 0 Å². The van der Waals surface area contributed by atoms with Crippen LogP contribution < -0.4 is 0 Å². The predicted molar refractivity (Wildman–Crippen MR) is 54.3 cm³/mol. The Kier molecular flexibility index (Phi) is 2.82. The van der Waals surface area contributed by atoms with Crippen molar-refractivity contribution in [3.8, 4) is 0 Å². The van der Waals surface area contributed by atoms with Gasteiger partial charge in [-0.25, -0.2) is 0 Å². The van der Waals surface area contributed by atoms with E-state index in [0.29, 0.717) is 5.54 Å². The molecule has 1 heteroatoms. The molecule has 0 aliphatic carbocycles. The van der Waals surface area contributed by atoms with Crippen LogP contribution in [-0.2, 0) is 0 Å². The van der Waals surface area contributed by atoms with Crippen molar-refractivity contribution in [2.45, 2.75) is 59.0 Å². The molecule has 1 rings (SSSR count). The Bertz CT molecular complexity index is 146. The van der Waals surface area contributed by atoms with Gasteiger partial charge in [-0.05, 0) is 46.6 Å². The molecule has 0 N–H and O–H groups in total. The second-order valence-electron chi connectivity index (χ2n) is 5.06. The topological polar surface area (TPSA) is 3.24 Å². The summed E-state index contributed by atoms with van der Waals surface area (Å²) >= 11 is 0. The first-order valence-electron chi connectivity index (χ1n) is 5.23. The van der Waals surface area contributed by atoms with Crippen molar-refractivity contribution in [1.29, 1.82) is 0 Å². The number of likely N-dealkylation sites (tertiary alicyclic amines) is 1. The van der Waals surface area contributed by atoms with Crippen LogP contribution in [0.3, 0.4) is 0 Å². The van der Waals surface area contributed by atoms with E-state index in [9.17, 15) is 0 Å². The summed E-state index contributed by atoms with van der Waals surface area (Å²) < 4.78 is 0. The van der Waals surface area contributed by atoms with Crippen LogP contribution in [0.15, 0.2) is 0 Å². The minimum atomic E-state index is 0.364. The molecule has 0 bridgehead atoms. The molecular weight excluding hydrogens is 146 g/mol. The third-order valence-electron chi connectivity index (χ3n) is 3.30. The van der Waals surface area contributed by atoms with E-state index in [-0.39, 0.29) is 0 Å². The van der Waals surface area contributed by atoms with Crippen LogP contribution in [0.25, 0.3) is 0 Å². The minimum absolute atomic E-state index is 0.364. The Balaban J connectivity index is 2.61. The van der Waals surface area contributed by atoms with Gasteiger partial charge in [-0.15, -0.1) is 0 Å². The van der Waals surface area contributed by atoms with E-state index in [4.69, 9.17) is 0 Å². The second-order valence-corrected chi connectivity index (χ2v) is 5.06. The lowest BCUT2D eigenvalue weighted by Gasteiger charge is -2.36. The van der Waals surface area contributed by atoms with Gasteiger partial charge in [0, 0.05) is 11.6 Å². The summed E-state index contributed by atoms with van der Waals surface area (Å²) in [5.74, 6) is 0.934. The third kappa shape index (κ3) is 1.82. The van der Waals surface area contributed by atoms with Crippen LogP contribution in [0.4, 0.5) is 0 Å². The molecule has 0 aromatic heterocycles. The summed E-state index contributed by atoms with van der Waals surface area (Å²) in [7, 11) is 0. The molecule has 1 saturated heterocycles. The van der Waals surface area contributed by atoms with E-state index < -0.39 is 0 Å². The van der Waals surface area contributed by atoms with Gasteiger partial charge in [-0.1, -0.05) is 13.3 Å². The molecule has 0 spiro atoms. The monoisotopic (exact) mass is 169 g/mol. The maximum Gasteiger partial charge on any atom is 0.0127 e. The number of hydrogen-bond donors (Lipinski definition) is 0. The molecule has 1 heterocycles. The van der Waals surface area contributed by atoms with Crippen molar-refractivity contribution in [1.82, 2.24) is 4.90 Å². The second kappa shape index (κ2) is 3.37. The van der Waals surface area contributed by atoms with Crippen molar-refractivity contribution in [2.24, 2.45) is 5.92 Å². The van der Waals surface area contributed by atoms with Crippen LogP contribution in [0.2, 0.25) is 0 Å². The fraction of sp³-hybridized carbons (Fsp3) is 1.00. The van der Waals surface area contributed by atoms with Gasteiger partial charge < -0.3 is 0 Å². The van der Waals surface area contributed by atoms with Gasteiger partial charge in [0.05, 0.1) is 0 Å². The van der Waals surface area contributed by atoms with E-state index >= 15 is 0 Å². The molecule has 1 aliphatic heterocycles. The van der Waals surface area contributed by atoms with Crippen LogP contribution in [-0.4, -0.2) is 23.0 Å². The van der Waals surface area contributed by atoms with Gasteiger partial charge in [0.25, 0.3) is 0 Å². The normalized spacial score (nSPS) is 32.8. The van der Waals surface area contributed by atoms with Crippen LogP contribution >= 0.6 is 0 Å². The van der Waals surface area contributed by atoms with Crippen molar-refractivity contribution >= 4 is 0 Å². The number of nitrogens with zero attached hydrogens (tertiary/aromatic N) is 1. The molecule has 12 heavy (non-hydrogen) atoms. The SMILES string of the molecule is CC[C@@H]1CCN(C(C)(C)C)[C@@H]1C. The minimum Gasteiger partial charge on any atom is -0.296 e. The number of rotatable bonds is 1. The first-order valence-corrected chi connectivity index (χ1v) is 5.23. The molecule has 0 aromatic rings. The Morgan fingerprint density at radius 1 is 1.33 bits per heavy atom. The molecular formula is C11H23N. The maximum absolute atomic E-state index is 2.64. The first-order chi connectivity index (χ1) is 5.46. The lowest BCUT2D eigenvalue weighted by Crippen LogP contribution is -2.44. The van der Waals surface area contributed by atoms with Crippen LogP contribution in [0.1, 0.15) is 47.5 Å². The smallest absolute Gasteiger partial charge is 0.0127 e. The fourth-order valence-corrected chi connectivity index (χ4v) is 2.50. The summed E-state index contributed by atoms with van der Waals surface area (Å²) in [6, 6.07) is 0.787. The molecule has 1 aliphatic rings. The van der Waals surface area contributed by atoms with Gasteiger partial charge in [0.1, 0.15) is 0 Å². The Morgan fingerprint density at radius 2 is 1.92 bits per heavy atom. The average Bonchev–Trinajstić information content (AvgIpc) is 2.29. The fourth-order valence-electron chi connectivity index (χ4n) is 2.50. The van der Waals surface area contributed by atoms with E-state index in [2.05, 4.69) is 39.5 Å². The molecule has 0 aromatic carbocycles. The van der Waals surface area contributed by atoms with Gasteiger partial charge in [0.15, 0.2) is 0 Å². The highest BCUT2D eigenvalue weighted by molar-refractivity contribution is 4.90. The molecule has 72 valence electrons. The lowest BCUT2D eigenvalue weighted by atomic mass is 9.97. The Labute approximate surface area is 77.1 Å². The summed E-state index contributed by atoms with van der Waals surface area (Å²) in [6.45, 7) is 13.0. The van der Waals surface area contributed by atoms with Gasteiger partial charge in [-0.3, -0.25) is 4.90 Å². The van der Waals surface area contributed by atoms with Crippen molar-refractivity contribution in [2.75, 3.05) is 6.54 Å². The Hall–Kier alpha value is -0.0400. The number of hydrogen-bond acceptors (Lipinski definition) is 1. The van der Waals surface area contributed by atoms with E-state index in [0.717, 1.165) is 12.0 Å². The zero-order valence-corrected chi connectivity index (χ0v) is 9.22. The van der Waals surface area contributed by atoms with Crippen molar-refractivity contribution in [3.63, 3.8) is 0 Å². The van der Waals surface area contributed by atoms with Crippen LogP contribution in [0.5, 0.6) is 0 Å². The maximum atomic E-state index is 2.64. The quantitative estimate of drug-likeness (QED) is 0.583. The third-order valence-corrected chi connectivity index (χ3v) is 3.30. The largest absolute Gasteiger partial charge is 0.296 e. The molecule has 0 saturated carbocycles. The predicted octanol–water partition coefficient (Wildman–Crippen LogP) is 2.91. The molecule has 2 atom stereocenters. The highest BCUT2D eigenvalue weighted by Gasteiger charge is 2.35. The first kappa shape index (κ1) is 10.0. The zero-order valence-electron chi connectivity index (χ0n) is 9.22. The lowest BCUT2D eigenvalue weighted by molar-refractivity contribution is 0.116. The molecule has 0 radical (unpaired) electrons. The van der Waals surface area contributed by atoms with Gasteiger partial charge in [-0.2, -0.15) is 0 Å².